The Morgan fingerprint density at radius 1 is 1.25 bits per heavy atom. The number of hydrogen-bond acceptors (Lipinski definition) is 3. The number of hydrazone groups is 1. The normalized spacial score (nSPS) is 11.6. The third-order valence-corrected chi connectivity index (χ3v) is 3.95. The molecule has 1 N–H and O–H groups in total. The summed E-state index contributed by atoms with van der Waals surface area (Å²) in [5.41, 5.74) is 7.84. The van der Waals surface area contributed by atoms with Gasteiger partial charge in [0.1, 0.15) is 6.54 Å². The molecule has 0 saturated carbocycles. The maximum absolute atomic E-state index is 12.0. The fourth-order valence-corrected chi connectivity index (χ4v) is 2.78. The lowest BCUT2D eigenvalue weighted by molar-refractivity contribution is -0.121. The van der Waals surface area contributed by atoms with Gasteiger partial charge in [0.15, 0.2) is 0 Å². The largest absolute Gasteiger partial charge is 0.348 e. The summed E-state index contributed by atoms with van der Waals surface area (Å²) in [7, 11) is 0. The molecule has 1 amide bonds. The molecule has 0 bridgehead atoms. The molecule has 2 rings (SSSR count). The van der Waals surface area contributed by atoms with Crippen LogP contribution in [-0.4, -0.2) is 26.5 Å². The van der Waals surface area contributed by atoms with Crippen LogP contribution in [0.4, 0.5) is 0 Å². The van der Waals surface area contributed by atoms with E-state index in [4.69, 9.17) is 0 Å². The smallest absolute Gasteiger partial charge is 0.261 e. The van der Waals surface area contributed by atoms with Gasteiger partial charge in [0.05, 0.1) is 11.9 Å². The highest BCUT2D eigenvalue weighted by Crippen LogP contribution is 2.15. The molecule has 2 aromatic rings. The van der Waals surface area contributed by atoms with Gasteiger partial charge >= 0.3 is 0 Å². The Labute approximate surface area is 143 Å². The zero-order valence-corrected chi connectivity index (χ0v) is 15.4. The predicted octanol–water partition coefficient (Wildman–Crippen LogP) is 2.72. The van der Waals surface area contributed by atoms with E-state index in [1.807, 2.05) is 19.9 Å². The first kappa shape index (κ1) is 18.0. The van der Waals surface area contributed by atoms with Crippen LogP contribution in [0, 0.1) is 33.6 Å². The van der Waals surface area contributed by atoms with Crippen LogP contribution >= 0.6 is 0 Å². The fourth-order valence-electron chi connectivity index (χ4n) is 2.78. The summed E-state index contributed by atoms with van der Waals surface area (Å²) >= 11 is 0. The first-order valence-electron chi connectivity index (χ1n) is 8.27. The summed E-state index contributed by atoms with van der Waals surface area (Å²) in [5.74, 6) is 0.397. The molecule has 0 aliphatic rings. The number of carbonyl (C=O) groups excluding carboxylic acids is 1. The van der Waals surface area contributed by atoms with Crippen LogP contribution < -0.4 is 5.43 Å². The van der Waals surface area contributed by atoms with Crippen molar-refractivity contribution >= 4 is 12.1 Å². The van der Waals surface area contributed by atoms with Gasteiger partial charge in [0, 0.05) is 29.2 Å². The van der Waals surface area contributed by atoms with Crippen molar-refractivity contribution in [1.29, 1.82) is 0 Å². The highest BCUT2D eigenvalue weighted by atomic mass is 16.2. The van der Waals surface area contributed by atoms with Crippen molar-refractivity contribution in [3.63, 3.8) is 0 Å². The number of carbonyl (C=O) groups is 1. The molecule has 0 aliphatic heterocycles. The molecular weight excluding hydrogens is 302 g/mol. The van der Waals surface area contributed by atoms with E-state index in [-0.39, 0.29) is 12.5 Å². The minimum absolute atomic E-state index is 0.170. The van der Waals surface area contributed by atoms with E-state index < -0.39 is 0 Å². The van der Waals surface area contributed by atoms with Crippen molar-refractivity contribution in [3.8, 4) is 0 Å². The van der Waals surface area contributed by atoms with E-state index in [1.54, 1.807) is 10.9 Å². The molecule has 6 nitrogen and oxygen atoms in total. The maximum atomic E-state index is 12.0. The zero-order chi connectivity index (χ0) is 17.9. The number of aromatic nitrogens is 3. The van der Waals surface area contributed by atoms with Gasteiger partial charge in [-0.05, 0) is 45.7 Å². The molecule has 0 spiro atoms. The summed E-state index contributed by atoms with van der Waals surface area (Å²) < 4.78 is 3.96. The van der Waals surface area contributed by atoms with E-state index >= 15 is 0 Å². The Morgan fingerprint density at radius 2 is 1.96 bits per heavy atom. The molecule has 0 unspecified atom stereocenters. The topological polar surface area (TPSA) is 64.2 Å². The molecule has 0 atom stereocenters. The van der Waals surface area contributed by atoms with Gasteiger partial charge in [-0.3, -0.25) is 9.48 Å². The summed E-state index contributed by atoms with van der Waals surface area (Å²) in [4.78, 5) is 12.0. The SMILES string of the molecule is Cc1cc(C)n(CC(=O)NN=Cc2cc(C)n(CC(C)C)c2C)n1. The average Bonchev–Trinajstić information content (AvgIpc) is 2.92. The fraction of sp³-hybridized carbons (Fsp3) is 0.500. The van der Waals surface area contributed by atoms with Crippen LogP contribution in [0.1, 0.15) is 42.2 Å². The summed E-state index contributed by atoms with van der Waals surface area (Å²) in [6.07, 6.45) is 1.71. The third-order valence-electron chi connectivity index (χ3n) is 3.95. The minimum atomic E-state index is -0.187. The lowest BCUT2D eigenvalue weighted by Crippen LogP contribution is -2.24. The van der Waals surface area contributed by atoms with Crippen molar-refractivity contribution < 1.29 is 4.79 Å². The molecule has 0 radical (unpaired) electrons. The number of nitrogens with one attached hydrogen (secondary N) is 1. The standard InChI is InChI=1S/C18H27N5O/c1-12(2)10-22-14(4)8-17(16(22)6)9-19-20-18(24)11-23-15(5)7-13(3)21-23/h7-9,12H,10-11H2,1-6H3,(H,20,24). The lowest BCUT2D eigenvalue weighted by Gasteiger charge is -2.11. The average molecular weight is 329 g/mol. The van der Waals surface area contributed by atoms with Gasteiger partial charge in [0.2, 0.25) is 0 Å². The Kier molecular flexibility index (Phi) is 5.59. The van der Waals surface area contributed by atoms with E-state index in [9.17, 15) is 4.79 Å². The predicted molar refractivity (Wildman–Crippen MR) is 96.2 cm³/mol. The Balaban J connectivity index is 1.99. The molecule has 6 heteroatoms. The lowest BCUT2D eigenvalue weighted by atomic mass is 10.2. The van der Waals surface area contributed by atoms with Gasteiger partial charge in [0.25, 0.3) is 5.91 Å². The molecule has 0 aromatic carbocycles. The molecule has 0 saturated heterocycles. The third kappa shape index (κ3) is 4.34. The van der Waals surface area contributed by atoms with Crippen LogP contribution in [0.3, 0.4) is 0 Å². The molecule has 2 heterocycles. The van der Waals surface area contributed by atoms with Gasteiger partial charge in [-0.2, -0.15) is 10.2 Å². The minimum Gasteiger partial charge on any atom is -0.348 e. The molecule has 24 heavy (non-hydrogen) atoms. The van der Waals surface area contributed by atoms with Gasteiger partial charge in [-0.15, -0.1) is 0 Å². The molecule has 0 aliphatic carbocycles. The van der Waals surface area contributed by atoms with Crippen LogP contribution in [0.5, 0.6) is 0 Å². The Hall–Kier alpha value is -2.37. The van der Waals surface area contributed by atoms with Crippen LogP contribution in [0.15, 0.2) is 17.2 Å². The van der Waals surface area contributed by atoms with Gasteiger partial charge in [-0.1, -0.05) is 13.8 Å². The number of amides is 1. The zero-order valence-electron chi connectivity index (χ0n) is 15.4. The highest BCUT2D eigenvalue weighted by molar-refractivity contribution is 5.83. The quantitative estimate of drug-likeness (QED) is 0.654. The molecular formula is C18H27N5O. The van der Waals surface area contributed by atoms with E-state index in [0.717, 1.165) is 29.2 Å². The van der Waals surface area contributed by atoms with Crippen LogP contribution in [-0.2, 0) is 17.9 Å². The number of rotatable bonds is 6. The Bertz CT molecular complexity index is 752. The van der Waals surface area contributed by atoms with Crippen LogP contribution in [0.2, 0.25) is 0 Å². The first-order valence-corrected chi connectivity index (χ1v) is 8.27. The summed E-state index contributed by atoms with van der Waals surface area (Å²) in [6.45, 7) is 13.6. The van der Waals surface area contributed by atoms with Gasteiger partial charge in [-0.25, -0.2) is 5.43 Å². The van der Waals surface area contributed by atoms with Crippen molar-refractivity contribution in [2.24, 2.45) is 11.0 Å². The van der Waals surface area contributed by atoms with Crippen molar-refractivity contribution in [3.05, 3.63) is 40.5 Å². The van der Waals surface area contributed by atoms with Crippen molar-refractivity contribution in [2.75, 3.05) is 0 Å². The van der Waals surface area contributed by atoms with Crippen molar-refractivity contribution in [2.45, 2.75) is 54.6 Å². The van der Waals surface area contributed by atoms with E-state index in [1.165, 1.54) is 5.69 Å². The second-order valence-corrected chi connectivity index (χ2v) is 6.71. The molecule has 0 fully saturated rings. The number of aryl methyl sites for hydroxylation is 3. The maximum Gasteiger partial charge on any atom is 0.261 e. The molecule has 130 valence electrons. The van der Waals surface area contributed by atoms with E-state index in [0.29, 0.717) is 5.92 Å². The summed E-state index contributed by atoms with van der Waals surface area (Å²) in [5, 5.41) is 8.36. The second-order valence-electron chi connectivity index (χ2n) is 6.71. The second kappa shape index (κ2) is 7.47. The van der Waals surface area contributed by atoms with Crippen LogP contribution in [0.25, 0.3) is 0 Å². The first-order chi connectivity index (χ1) is 11.3. The summed E-state index contributed by atoms with van der Waals surface area (Å²) in [6, 6.07) is 4.04. The Morgan fingerprint density at radius 3 is 2.54 bits per heavy atom. The molecule has 2 aromatic heterocycles. The highest BCUT2D eigenvalue weighted by Gasteiger charge is 2.09. The van der Waals surface area contributed by atoms with Crippen molar-refractivity contribution in [1.82, 2.24) is 19.8 Å². The van der Waals surface area contributed by atoms with Gasteiger partial charge < -0.3 is 4.57 Å². The number of nitrogens with zero attached hydrogens (tertiary/aromatic N) is 4. The van der Waals surface area contributed by atoms with E-state index in [2.05, 4.69) is 54.0 Å². The monoisotopic (exact) mass is 329 g/mol. The number of hydrogen-bond donors (Lipinski definition) is 1.